The van der Waals surface area contributed by atoms with Crippen molar-refractivity contribution in [2.24, 2.45) is 0 Å². The minimum absolute atomic E-state index is 0.0782. The summed E-state index contributed by atoms with van der Waals surface area (Å²) < 4.78 is 26.5. The number of hydrogen-bond donors (Lipinski definition) is 2. The first-order valence-electron chi connectivity index (χ1n) is 6.75. The molecule has 1 saturated heterocycles. The maximum absolute atomic E-state index is 12.6. The van der Waals surface area contributed by atoms with Crippen molar-refractivity contribution >= 4 is 20.9 Å². The molecule has 8 heteroatoms. The summed E-state index contributed by atoms with van der Waals surface area (Å²) in [5, 5.41) is 0.160. The second-order valence-electron chi connectivity index (χ2n) is 5.08. The van der Waals surface area contributed by atoms with E-state index in [1.165, 1.54) is 22.5 Å². The molecule has 0 amide bonds. The number of H-pyrrole nitrogens is 2. The van der Waals surface area contributed by atoms with Gasteiger partial charge >= 0.3 is 5.69 Å². The number of sulfonamides is 1. The third kappa shape index (κ3) is 2.52. The van der Waals surface area contributed by atoms with Gasteiger partial charge in [-0.1, -0.05) is 6.42 Å². The van der Waals surface area contributed by atoms with Gasteiger partial charge in [0, 0.05) is 13.1 Å². The summed E-state index contributed by atoms with van der Waals surface area (Å²) in [7, 11) is -3.59. The average molecular weight is 309 g/mol. The van der Waals surface area contributed by atoms with E-state index in [9.17, 15) is 18.0 Å². The standard InChI is InChI=1S/C13H15N3O4S/c17-12-10-8-9(4-5-11(10)14-13(18)15-12)21(19,20)16-6-2-1-3-7-16/h4-5,8H,1-3,6-7H2,(H2,14,15,17,18). The number of aromatic nitrogens is 2. The Morgan fingerprint density at radius 1 is 1.00 bits per heavy atom. The first-order valence-corrected chi connectivity index (χ1v) is 8.19. The molecule has 1 fully saturated rings. The minimum Gasteiger partial charge on any atom is -0.307 e. The van der Waals surface area contributed by atoms with Gasteiger partial charge < -0.3 is 4.98 Å². The van der Waals surface area contributed by atoms with Crippen LogP contribution in [0.4, 0.5) is 0 Å². The van der Waals surface area contributed by atoms with Crippen molar-refractivity contribution in [3.63, 3.8) is 0 Å². The van der Waals surface area contributed by atoms with Crippen LogP contribution >= 0.6 is 0 Å². The molecule has 0 spiro atoms. The number of rotatable bonds is 2. The fraction of sp³-hybridized carbons (Fsp3) is 0.385. The molecule has 0 saturated carbocycles. The van der Waals surface area contributed by atoms with Crippen LogP contribution in [0.1, 0.15) is 19.3 Å². The highest BCUT2D eigenvalue weighted by molar-refractivity contribution is 7.89. The third-order valence-electron chi connectivity index (χ3n) is 3.66. The van der Waals surface area contributed by atoms with Gasteiger partial charge in [0.15, 0.2) is 0 Å². The zero-order chi connectivity index (χ0) is 15.0. The van der Waals surface area contributed by atoms with E-state index in [0.29, 0.717) is 18.6 Å². The van der Waals surface area contributed by atoms with Crippen LogP contribution in [0.25, 0.3) is 10.9 Å². The second kappa shape index (κ2) is 5.12. The van der Waals surface area contributed by atoms with Gasteiger partial charge in [-0.2, -0.15) is 4.31 Å². The van der Waals surface area contributed by atoms with Crippen molar-refractivity contribution in [3.8, 4) is 0 Å². The number of fused-ring (bicyclic) bond motifs is 1. The molecule has 21 heavy (non-hydrogen) atoms. The van der Waals surface area contributed by atoms with E-state index < -0.39 is 21.3 Å². The van der Waals surface area contributed by atoms with E-state index >= 15 is 0 Å². The number of benzene rings is 1. The largest absolute Gasteiger partial charge is 0.326 e. The molecule has 1 aliphatic rings. The summed E-state index contributed by atoms with van der Waals surface area (Å²) in [6, 6.07) is 4.18. The van der Waals surface area contributed by atoms with Gasteiger partial charge in [-0.05, 0) is 31.0 Å². The molecule has 0 aliphatic carbocycles. The Labute approximate surface area is 120 Å². The van der Waals surface area contributed by atoms with Crippen molar-refractivity contribution in [1.29, 1.82) is 0 Å². The Hall–Kier alpha value is -1.93. The summed E-state index contributed by atoms with van der Waals surface area (Å²) >= 11 is 0. The van der Waals surface area contributed by atoms with Crippen molar-refractivity contribution in [3.05, 3.63) is 39.0 Å². The summed E-state index contributed by atoms with van der Waals surface area (Å²) in [5.74, 6) is 0. The minimum atomic E-state index is -3.59. The number of hydrogen-bond acceptors (Lipinski definition) is 4. The molecule has 112 valence electrons. The molecular weight excluding hydrogens is 294 g/mol. The highest BCUT2D eigenvalue weighted by atomic mass is 32.2. The van der Waals surface area contributed by atoms with Crippen LogP contribution in [0.3, 0.4) is 0 Å². The molecule has 2 N–H and O–H groups in total. The lowest BCUT2D eigenvalue weighted by atomic mass is 10.2. The first kappa shape index (κ1) is 14.0. The summed E-state index contributed by atoms with van der Waals surface area (Å²) in [6.45, 7) is 1.00. The Morgan fingerprint density at radius 3 is 2.43 bits per heavy atom. The zero-order valence-electron chi connectivity index (χ0n) is 11.3. The topological polar surface area (TPSA) is 103 Å². The molecule has 7 nitrogen and oxygen atoms in total. The monoisotopic (exact) mass is 309 g/mol. The predicted octanol–water partition coefficient (Wildman–Crippen LogP) is 0.391. The van der Waals surface area contributed by atoms with Gasteiger partial charge in [-0.25, -0.2) is 13.2 Å². The Bertz CT molecular complexity index is 892. The summed E-state index contributed by atoms with van der Waals surface area (Å²) in [4.78, 5) is 27.6. The van der Waals surface area contributed by atoms with Crippen LogP contribution in [-0.4, -0.2) is 35.8 Å². The maximum atomic E-state index is 12.6. The van der Waals surface area contributed by atoms with Crippen LogP contribution in [0, 0.1) is 0 Å². The average Bonchev–Trinajstić information content (AvgIpc) is 2.47. The predicted molar refractivity (Wildman–Crippen MR) is 77.8 cm³/mol. The lowest BCUT2D eigenvalue weighted by molar-refractivity contribution is 0.346. The van der Waals surface area contributed by atoms with Crippen LogP contribution in [0.15, 0.2) is 32.7 Å². The Balaban J connectivity index is 2.12. The van der Waals surface area contributed by atoms with E-state index in [0.717, 1.165) is 19.3 Å². The SMILES string of the molecule is O=c1[nH]c(=O)c2cc(S(=O)(=O)N3CCCCC3)ccc2[nH]1. The van der Waals surface area contributed by atoms with E-state index in [1.807, 2.05) is 0 Å². The van der Waals surface area contributed by atoms with E-state index in [2.05, 4.69) is 9.97 Å². The van der Waals surface area contributed by atoms with Gasteiger partial charge in [0.1, 0.15) is 0 Å². The summed E-state index contributed by atoms with van der Waals surface area (Å²) in [5.41, 5.74) is -0.884. The van der Waals surface area contributed by atoms with E-state index in [-0.39, 0.29) is 10.3 Å². The molecular formula is C13H15N3O4S. The molecule has 1 aliphatic heterocycles. The van der Waals surface area contributed by atoms with Gasteiger partial charge in [0.2, 0.25) is 10.0 Å². The molecule has 3 rings (SSSR count). The number of nitrogens with one attached hydrogen (secondary N) is 2. The molecule has 2 aromatic rings. The first-order chi connectivity index (χ1) is 9.98. The van der Waals surface area contributed by atoms with E-state index in [1.54, 1.807) is 0 Å². The van der Waals surface area contributed by atoms with Crippen molar-refractivity contribution < 1.29 is 8.42 Å². The molecule has 1 aromatic carbocycles. The lowest BCUT2D eigenvalue weighted by Crippen LogP contribution is -2.35. The van der Waals surface area contributed by atoms with Gasteiger partial charge in [-0.15, -0.1) is 0 Å². The molecule has 0 atom stereocenters. The highest BCUT2D eigenvalue weighted by Crippen LogP contribution is 2.22. The van der Waals surface area contributed by atoms with Crippen LogP contribution in [0.5, 0.6) is 0 Å². The number of nitrogens with zero attached hydrogens (tertiary/aromatic N) is 1. The Kier molecular flexibility index (Phi) is 3.42. The fourth-order valence-corrected chi connectivity index (χ4v) is 4.10. The number of piperidine rings is 1. The normalized spacial score (nSPS) is 17.1. The van der Waals surface area contributed by atoms with Crippen molar-refractivity contribution in [2.75, 3.05) is 13.1 Å². The molecule has 2 heterocycles. The van der Waals surface area contributed by atoms with Crippen molar-refractivity contribution in [1.82, 2.24) is 14.3 Å². The van der Waals surface area contributed by atoms with Gasteiger partial charge in [0.25, 0.3) is 5.56 Å². The maximum Gasteiger partial charge on any atom is 0.326 e. The quantitative estimate of drug-likeness (QED) is 0.837. The summed E-state index contributed by atoms with van der Waals surface area (Å²) in [6.07, 6.45) is 2.73. The second-order valence-corrected chi connectivity index (χ2v) is 7.02. The smallest absolute Gasteiger partial charge is 0.307 e. The lowest BCUT2D eigenvalue weighted by Gasteiger charge is -2.25. The zero-order valence-corrected chi connectivity index (χ0v) is 12.1. The van der Waals surface area contributed by atoms with Crippen molar-refractivity contribution in [2.45, 2.75) is 24.2 Å². The van der Waals surface area contributed by atoms with Gasteiger partial charge in [0.05, 0.1) is 15.8 Å². The Morgan fingerprint density at radius 2 is 1.71 bits per heavy atom. The third-order valence-corrected chi connectivity index (χ3v) is 5.56. The van der Waals surface area contributed by atoms with Crippen LogP contribution in [0.2, 0.25) is 0 Å². The van der Waals surface area contributed by atoms with Crippen LogP contribution < -0.4 is 11.2 Å². The molecule has 0 bridgehead atoms. The van der Waals surface area contributed by atoms with Crippen LogP contribution in [-0.2, 0) is 10.0 Å². The number of aromatic amines is 2. The van der Waals surface area contributed by atoms with E-state index in [4.69, 9.17) is 0 Å². The molecule has 0 radical (unpaired) electrons. The molecule has 1 aromatic heterocycles. The fourth-order valence-electron chi connectivity index (χ4n) is 2.56. The highest BCUT2D eigenvalue weighted by Gasteiger charge is 2.26. The van der Waals surface area contributed by atoms with Gasteiger partial charge in [-0.3, -0.25) is 9.78 Å². The molecule has 0 unspecified atom stereocenters.